The van der Waals surface area contributed by atoms with Gasteiger partial charge in [-0.2, -0.15) is 0 Å². The third-order valence-electron chi connectivity index (χ3n) is 11.0. The zero-order valence-electron chi connectivity index (χ0n) is 20.2. The molecule has 174 valence electrons. The van der Waals surface area contributed by atoms with Gasteiger partial charge < -0.3 is 9.80 Å². The van der Waals surface area contributed by atoms with E-state index in [-0.39, 0.29) is 16.7 Å². The summed E-state index contributed by atoms with van der Waals surface area (Å²) < 4.78 is 0. The quantitative estimate of drug-likeness (QED) is 0.572. The first-order valence-corrected chi connectivity index (χ1v) is 13.4. The summed E-state index contributed by atoms with van der Waals surface area (Å²) >= 11 is 0. The van der Waals surface area contributed by atoms with Gasteiger partial charge in [-0.3, -0.25) is 9.59 Å². The number of fused-ring (bicyclic) bond motifs is 5. The van der Waals surface area contributed by atoms with Gasteiger partial charge in [0.15, 0.2) is 0 Å². The van der Waals surface area contributed by atoms with Gasteiger partial charge in [-0.1, -0.05) is 33.1 Å². The molecule has 5 aliphatic rings. The van der Waals surface area contributed by atoms with Crippen LogP contribution in [0.4, 0.5) is 0 Å². The fourth-order valence-electron chi connectivity index (χ4n) is 9.24. The Morgan fingerprint density at radius 3 is 2.26 bits per heavy atom. The average molecular weight is 429 g/mol. The molecule has 3 aliphatic carbocycles. The number of hydrogen-bond acceptors (Lipinski definition) is 2. The van der Waals surface area contributed by atoms with Crippen molar-refractivity contribution in [1.82, 2.24) is 9.80 Å². The van der Waals surface area contributed by atoms with Crippen LogP contribution in [0, 0.1) is 34.5 Å². The van der Waals surface area contributed by atoms with E-state index in [1.165, 1.54) is 57.8 Å². The number of carbonyl (C=O) groups is 2. The van der Waals surface area contributed by atoms with E-state index in [0.717, 1.165) is 50.6 Å². The fraction of sp³-hybridized carbons (Fsp3) is 0.926. The van der Waals surface area contributed by atoms with Crippen molar-refractivity contribution in [2.24, 2.45) is 34.5 Å². The van der Waals surface area contributed by atoms with E-state index in [1.54, 1.807) is 0 Å². The molecule has 2 heterocycles. The zero-order valence-corrected chi connectivity index (χ0v) is 20.2. The predicted molar refractivity (Wildman–Crippen MR) is 123 cm³/mol. The largest absolute Gasteiger partial charge is 0.342 e. The minimum Gasteiger partial charge on any atom is -0.342 e. The lowest BCUT2D eigenvalue weighted by Crippen LogP contribution is -2.61. The van der Waals surface area contributed by atoms with Crippen molar-refractivity contribution in [3.05, 3.63) is 0 Å². The van der Waals surface area contributed by atoms with Crippen molar-refractivity contribution < 1.29 is 9.59 Å². The summed E-state index contributed by atoms with van der Waals surface area (Å²) in [6.45, 7) is 6.96. The Balaban J connectivity index is 1.35. The molecule has 5 rings (SSSR count). The molecule has 0 radical (unpaired) electrons. The number of rotatable bonds is 1. The number of amides is 2. The maximum absolute atomic E-state index is 13.7. The van der Waals surface area contributed by atoms with Crippen molar-refractivity contribution in [2.75, 3.05) is 20.1 Å². The average Bonchev–Trinajstić information content (AvgIpc) is 3.08. The van der Waals surface area contributed by atoms with E-state index in [4.69, 9.17) is 0 Å². The molecular weight excluding hydrogens is 384 g/mol. The topological polar surface area (TPSA) is 40.6 Å². The van der Waals surface area contributed by atoms with Crippen LogP contribution in [0.1, 0.15) is 97.3 Å². The van der Waals surface area contributed by atoms with Crippen LogP contribution in [0.3, 0.4) is 0 Å². The maximum atomic E-state index is 13.7. The van der Waals surface area contributed by atoms with Gasteiger partial charge >= 0.3 is 0 Å². The number of nitrogens with zero attached hydrogens (tertiary/aromatic N) is 2. The van der Waals surface area contributed by atoms with E-state index in [0.29, 0.717) is 23.8 Å². The number of carbonyl (C=O) groups excluding carboxylic acids is 2. The zero-order chi connectivity index (χ0) is 21.8. The second-order valence-corrected chi connectivity index (χ2v) is 12.2. The van der Waals surface area contributed by atoms with Crippen LogP contribution < -0.4 is 0 Å². The molecule has 0 aromatic rings. The van der Waals surface area contributed by atoms with Crippen LogP contribution in [0.25, 0.3) is 0 Å². The van der Waals surface area contributed by atoms with Crippen LogP contribution in [-0.4, -0.2) is 47.8 Å². The van der Waals surface area contributed by atoms with Crippen LogP contribution in [-0.2, 0) is 9.59 Å². The lowest BCUT2D eigenvalue weighted by atomic mass is 9.47. The monoisotopic (exact) mass is 428 g/mol. The minimum absolute atomic E-state index is 0.195. The van der Waals surface area contributed by atoms with Crippen molar-refractivity contribution in [1.29, 1.82) is 0 Å². The standard InChI is InChI=1S/C27H44N2O2/c1-26-15-13-21-19(9-12-23-27(21,2)16-14-24(30)28(23)3)20(26)10-11-22(26)25(31)29-17-7-5-4-6-8-18-29/h19-23H,4-18H2,1-3H3/t19-,20-,21-,22+,23+,26-,27+/m0/s1. The van der Waals surface area contributed by atoms with E-state index in [1.807, 2.05) is 7.05 Å². The van der Waals surface area contributed by atoms with Gasteiger partial charge in [-0.05, 0) is 86.4 Å². The highest BCUT2D eigenvalue weighted by molar-refractivity contribution is 5.80. The van der Waals surface area contributed by atoms with E-state index < -0.39 is 0 Å². The highest BCUT2D eigenvalue weighted by Gasteiger charge is 2.62. The first-order chi connectivity index (χ1) is 14.9. The third kappa shape index (κ3) is 3.37. The highest BCUT2D eigenvalue weighted by atomic mass is 16.2. The molecule has 7 atom stereocenters. The number of likely N-dealkylation sites (tertiary alicyclic amines) is 2. The van der Waals surface area contributed by atoms with Crippen LogP contribution in [0.15, 0.2) is 0 Å². The SMILES string of the molecule is CN1C(=O)CC[C@]2(C)[C@H]3CC[C@]4(C)[C@@H](C(=O)N5CCCCCCC5)CC[C@H]4[C@@H]3CC[C@@H]12. The molecule has 0 bridgehead atoms. The summed E-state index contributed by atoms with van der Waals surface area (Å²) in [7, 11) is 2.05. The summed E-state index contributed by atoms with van der Waals surface area (Å²) in [5.41, 5.74) is 0.470. The van der Waals surface area contributed by atoms with Crippen molar-refractivity contribution in [2.45, 2.75) is 103 Å². The normalized spacial score (nSPS) is 45.9. The first kappa shape index (κ1) is 21.8. The van der Waals surface area contributed by atoms with Crippen molar-refractivity contribution in [3.8, 4) is 0 Å². The number of piperidine rings is 1. The molecule has 0 N–H and O–H groups in total. The lowest BCUT2D eigenvalue weighted by molar-refractivity contribution is -0.161. The fourth-order valence-corrected chi connectivity index (χ4v) is 9.24. The van der Waals surface area contributed by atoms with Gasteiger partial charge in [0, 0.05) is 38.5 Å². The molecule has 3 saturated carbocycles. The van der Waals surface area contributed by atoms with Gasteiger partial charge in [0.05, 0.1) is 0 Å². The molecule has 2 saturated heterocycles. The third-order valence-corrected chi connectivity index (χ3v) is 11.0. The number of hydrogen-bond donors (Lipinski definition) is 0. The molecule has 4 nitrogen and oxygen atoms in total. The summed E-state index contributed by atoms with van der Waals surface area (Å²) in [5, 5.41) is 0. The van der Waals surface area contributed by atoms with E-state index >= 15 is 0 Å². The summed E-state index contributed by atoms with van der Waals surface area (Å²) in [5.74, 6) is 3.28. The Kier molecular flexibility index (Phi) is 5.66. The van der Waals surface area contributed by atoms with E-state index in [9.17, 15) is 9.59 Å². The Morgan fingerprint density at radius 2 is 1.52 bits per heavy atom. The minimum atomic E-state index is 0.195. The summed E-state index contributed by atoms with van der Waals surface area (Å²) in [6.07, 6.45) is 15.3. The summed E-state index contributed by atoms with van der Waals surface area (Å²) in [6, 6.07) is 0.430. The molecular formula is C27H44N2O2. The lowest BCUT2D eigenvalue weighted by Gasteiger charge is -2.61. The molecule has 0 unspecified atom stereocenters. The second kappa shape index (κ2) is 8.06. The first-order valence-electron chi connectivity index (χ1n) is 13.4. The highest BCUT2D eigenvalue weighted by Crippen LogP contribution is 2.66. The molecule has 0 spiro atoms. The van der Waals surface area contributed by atoms with Gasteiger partial charge in [-0.25, -0.2) is 0 Å². The van der Waals surface area contributed by atoms with Gasteiger partial charge in [0.25, 0.3) is 0 Å². The molecule has 2 aliphatic heterocycles. The Labute approximate surface area is 189 Å². The second-order valence-electron chi connectivity index (χ2n) is 12.2. The van der Waals surface area contributed by atoms with Gasteiger partial charge in [-0.15, -0.1) is 0 Å². The molecule has 2 amide bonds. The Hall–Kier alpha value is -1.06. The van der Waals surface area contributed by atoms with Crippen molar-refractivity contribution in [3.63, 3.8) is 0 Å². The summed E-state index contributed by atoms with van der Waals surface area (Å²) in [4.78, 5) is 30.5. The molecule has 0 aromatic carbocycles. The van der Waals surface area contributed by atoms with Gasteiger partial charge in [0.1, 0.15) is 0 Å². The van der Waals surface area contributed by atoms with Gasteiger partial charge in [0.2, 0.25) is 11.8 Å². The smallest absolute Gasteiger partial charge is 0.226 e. The molecule has 4 heteroatoms. The van der Waals surface area contributed by atoms with E-state index in [2.05, 4.69) is 23.6 Å². The Bertz CT molecular complexity index is 714. The van der Waals surface area contributed by atoms with Crippen molar-refractivity contribution >= 4 is 11.8 Å². The van der Waals surface area contributed by atoms with Crippen LogP contribution in [0.5, 0.6) is 0 Å². The molecule has 5 fully saturated rings. The maximum Gasteiger partial charge on any atom is 0.226 e. The molecule has 31 heavy (non-hydrogen) atoms. The molecule has 0 aromatic heterocycles. The Morgan fingerprint density at radius 1 is 0.839 bits per heavy atom. The van der Waals surface area contributed by atoms with Crippen LogP contribution >= 0.6 is 0 Å². The van der Waals surface area contributed by atoms with Crippen LogP contribution in [0.2, 0.25) is 0 Å². The predicted octanol–water partition coefficient (Wildman–Crippen LogP) is 5.26.